The Morgan fingerprint density at radius 3 is 2.62 bits per heavy atom. The van der Waals surface area contributed by atoms with Crippen molar-refractivity contribution in [2.45, 2.75) is 6.42 Å². The molecule has 24 heavy (non-hydrogen) atoms. The molecule has 0 saturated heterocycles. The number of amides is 1. The number of anilines is 2. The van der Waals surface area contributed by atoms with Crippen LogP contribution in [-0.4, -0.2) is 32.1 Å². The van der Waals surface area contributed by atoms with Crippen molar-refractivity contribution in [1.29, 1.82) is 0 Å². The lowest BCUT2D eigenvalue weighted by Crippen LogP contribution is -2.32. The predicted molar refractivity (Wildman–Crippen MR) is 94.2 cm³/mol. The summed E-state index contributed by atoms with van der Waals surface area (Å²) in [5.74, 6) is -0.0602. The van der Waals surface area contributed by atoms with Gasteiger partial charge in [-0.2, -0.15) is 0 Å². The molecule has 1 aliphatic rings. The van der Waals surface area contributed by atoms with Gasteiger partial charge in [0.2, 0.25) is 10.0 Å². The van der Waals surface area contributed by atoms with Gasteiger partial charge in [0.1, 0.15) is 0 Å². The zero-order valence-corrected chi connectivity index (χ0v) is 14.0. The number of sulfonamides is 1. The van der Waals surface area contributed by atoms with Gasteiger partial charge in [-0.1, -0.05) is 24.3 Å². The fourth-order valence-electron chi connectivity index (χ4n) is 2.54. The van der Waals surface area contributed by atoms with E-state index in [-0.39, 0.29) is 5.91 Å². The summed E-state index contributed by atoms with van der Waals surface area (Å²) in [6, 6.07) is 10.6. The first-order valence-electron chi connectivity index (χ1n) is 7.45. The highest BCUT2D eigenvalue weighted by molar-refractivity contribution is 7.92. The van der Waals surface area contributed by atoms with Crippen molar-refractivity contribution < 1.29 is 13.2 Å². The Morgan fingerprint density at radius 2 is 1.96 bits per heavy atom. The number of nitrogens with zero attached hydrogens (tertiary/aromatic N) is 2. The molecule has 0 radical (unpaired) electrons. The maximum atomic E-state index is 11.9. The first kappa shape index (κ1) is 16.2. The van der Waals surface area contributed by atoms with E-state index in [9.17, 15) is 13.2 Å². The van der Waals surface area contributed by atoms with Crippen molar-refractivity contribution in [2.75, 3.05) is 22.4 Å². The summed E-state index contributed by atoms with van der Waals surface area (Å²) >= 11 is 0. The zero-order chi connectivity index (χ0) is 17.2. The Kier molecular flexibility index (Phi) is 4.35. The molecule has 1 amide bonds. The van der Waals surface area contributed by atoms with Crippen LogP contribution in [0.25, 0.3) is 11.3 Å². The number of carbonyl (C=O) groups is 1. The molecular formula is C17H17N3O3S. The highest BCUT2D eigenvalue weighted by atomic mass is 32.2. The highest BCUT2D eigenvalue weighted by Crippen LogP contribution is 2.28. The van der Waals surface area contributed by atoms with Gasteiger partial charge in [-0.05, 0) is 30.7 Å². The van der Waals surface area contributed by atoms with E-state index in [0.29, 0.717) is 23.5 Å². The average Bonchev–Trinajstić information content (AvgIpc) is 2.55. The summed E-state index contributed by atoms with van der Waals surface area (Å²) in [4.78, 5) is 18.0. The van der Waals surface area contributed by atoms with Gasteiger partial charge in [-0.25, -0.2) is 8.42 Å². The molecule has 0 atom stereocenters. The quantitative estimate of drug-likeness (QED) is 0.924. The maximum absolute atomic E-state index is 11.9. The van der Waals surface area contributed by atoms with Gasteiger partial charge < -0.3 is 4.90 Å². The Bertz CT molecular complexity index is 890. The summed E-state index contributed by atoms with van der Waals surface area (Å²) in [5.41, 5.74) is 2.50. The molecule has 0 bridgehead atoms. The maximum Gasteiger partial charge on any atom is 0.250 e. The van der Waals surface area contributed by atoms with Crippen LogP contribution in [0.4, 0.5) is 11.4 Å². The number of nitrogens with one attached hydrogen (secondary N) is 1. The molecule has 0 fully saturated rings. The molecule has 124 valence electrons. The van der Waals surface area contributed by atoms with Gasteiger partial charge in [0.25, 0.3) is 5.91 Å². The molecule has 2 heterocycles. The van der Waals surface area contributed by atoms with E-state index in [4.69, 9.17) is 0 Å². The van der Waals surface area contributed by atoms with Crippen LogP contribution in [0.1, 0.15) is 6.42 Å². The minimum atomic E-state index is -3.38. The molecule has 0 saturated carbocycles. The summed E-state index contributed by atoms with van der Waals surface area (Å²) in [6.45, 7) is 0.628. The van der Waals surface area contributed by atoms with E-state index >= 15 is 0 Å². The summed E-state index contributed by atoms with van der Waals surface area (Å²) in [5, 5.41) is 0. The largest absolute Gasteiger partial charge is 0.307 e. The van der Waals surface area contributed by atoms with E-state index in [0.717, 1.165) is 18.4 Å². The van der Waals surface area contributed by atoms with Crippen LogP contribution in [-0.2, 0) is 14.8 Å². The third-order valence-corrected chi connectivity index (χ3v) is 4.19. The second-order valence-electron chi connectivity index (χ2n) is 5.50. The standard InChI is InChI=1S/C17H17N3O3S/c1-24(22,23)19-16-7-3-2-6-14(16)15-10-9-13(12-18-15)20-11-5-4-8-17(20)21/h2-4,6-10,12,19H,5,11H2,1H3. The smallest absolute Gasteiger partial charge is 0.250 e. The first-order valence-corrected chi connectivity index (χ1v) is 9.34. The van der Waals surface area contributed by atoms with Crippen LogP contribution in [0.2, 0.25) is 0 Å². The highest BCUT2D eigenvalue weighted by Gasteiger charge is 2.16. The van der Waals surface area contributed by atoms with Gasteiger partial charge in [-0.3, -0.25) is 14.5 Å². The topological polar surface area (TPSA) is 79.4 Å². The monoisotopic (exact) mass is 343 g/mol. The first-order chi connectivity index (χ1) is 11.4. The molecule has 1 N–H and O–H groups in total. The van der Waals surface area contributed by atoms with Crippen LogP contribution in [0.3, 0.4) is 0 Å². The molecule has 1 aliphatic heterocycles. The number of hydrogen-bond acceptors (Lipinski definition) is 4. The SMILES string of the molecule is CS(=O)(=O)Nc1ccccc1-c1ccc(N2CCC=CC2=O)cn1. The van der Waals surface area contributed by atoms with Gasteiger partial charge in [0.05, 0.1) is 29.5 Å². The van der Waals surface area contributed by atoms with Gasteiger partial charge >= 0.3 is 0 Å². The van der Waals surface area contributed by atoms with E-state index in [1.807, 2.05) is 18.2 Å². The third-order valence-electron chi connectivity index (χ3n) is 3.60. The number of carbonyl (C=O) groups excluding carboxylic acids is 1. The fraction of sp³-hybridized carbons (Fsp3) is 0.176. The molecule has 1 aromatic carbocycles. The molecule has 7 heteroatoms. The van der Waals surface area contributed by atoms with Crippen molar-refractivity contribution in [2.24, 2.45) is 0 Å². The van der Waals surface area contributed by atoms with Gasteiger partial charge in [-0.15, -0.1) is 0 Å². The lowest BCUT2D eigenvalue weighted by Gasteiger charge is -2.23. The molecular weight excluding hydrogens is 326 g/mol. The molecule has 0 aliphatic carbocycles. The third kappa shape index (κ3) is 3.62. The predicted octanol–water partition coefficient (Wildman–Crippen LogP) is 2.41. The number of para-hydroxylation sites is 1. The lowest BCUT2D eigenvalue weighted by molar-refractivity contribution is -0.114. The fourth-order valence-corrected chi connectivity index (χ4v) is 3.12. The molecule has 2 aromatic rings. The summed E-state index contributed by atoms with van der Waals surface area (Å²) < 4.78 is 25.5. The second kappa shape index (κ2) is 6.45. The van der Waals surface area contributed by atoms with Gasteiger partial charge in [0.15, 0.2) is 0 Å². The minimum absolute atomic E-state index is 0.0602. The Hall–Kier alpha value is -2.67. The molecule has 0 unspecified atom stereocenters. The van der Waals surface area contributed by atoms with Crippen molar-refractivity contribution in [3.8, 4) is 11.3 Å². The Morgan fingerprint density at radius 1 is 1.17 bits per heavy atom. The lowest BCUT2D eigenvalue weighted by atomic mass is 10.1. The summed E-state index contributed by atoms with van der Waals surface area (Å²) in [6.07, 6.45) is 6.96. The number of benzene rings is 1. The molecule has 1 aromatic heterocycles. The second-order valence-corrected chi connectivity index (χ2v) is 7.25. The number of hydrogen-bond donors (Lipinski definition) is 1. The number of pyridine rings is 1. The van der Waals surface area contributed by atoms with E-state index in [2.05, 4.69) is 9.71 Å². The van der Waals surface area contributed by atoms with Gasteiger partial charge in [0, 0.05) is 12.1 Å². The van der Waals surface area contributed by atoms with Crippen molar-refractivity contribution in [3.63, 3.8) is 0 Å². The van der Waals surface area contributed by atoms with Crippen molar-refractivity contribution in [1.82, 2.24) is 4.98 Å². The van der Waals surface area contributed by atoms with Crippen LogP contribution >= 0.6 is 0 Å². The van der Waals surface area contributed by atoms with Crippen molar-refractivity contribution in [3.05, 3.63) is 54.7 Å². The molecule has 6 nitrogen and oxygen atoms in total. The van der Waals surface area contributed by atoms with Crippen LogP contribution < -0.4 is 9.62 Å². The van der Waals surface area contributed by atoms with E-state index in [1.165, 1.54) is 0 Å². The zero-order valence-electron chi connectivity index (χ0n) is 13.1. The normalized spacial score (nSPS) is 14.7. The number of rotatable bonds is 4. The minimum Gasteiger partial charge on any atom is -0.307 e. The molecule has 0 spiro atoms. The summed E-state index contributed by atoms with van der Waals surface area (Å²) in [7, 11) is -3.38. The van der Waals surface area contributed by atoms with Crippen LogP contribution in [0.5, 0.6) is 0 Å². The Balaban J connectivity index is 1.92. The van der Waals surface area contributed by atoms with E-state index < -0.39 is 10.0 Å². The molecule has 3 rings (SSSR count). The van der Waals surface area contributed by atoms with Crippen LogP contribution in [0.15, 0.2) is 54.7 Å². The van der Waals surface area contributed by atoms with E-state index in [1.54, 1.807) is 41.4 Å². The Labute approximate surface area is 140 Å². The number of aromatic nitrogens is 1. The average molecular weight is 343 g/mol. The van der Waals surface area contributed by atoms with Crippen molar-refractivity contribution >= 4 is 27.3 Å². The van der Waals surface area contributed by atoms with Crippen LogP contribution in [0, 0.1) is 0 Å².